The molecule has 3 rings (SSSR count). The first-order valence-corrected chi connectivity index (χ1v) is 9.63. The lowest BCUT2D eigenvalue weighted by Gasteiger charge is -2.28. The van der Waals surface area contributed by atoms with E-state index in [0.717, 1.165) is 10.0 Å². The predicted molar refractivity (Wildman–Crippen MR) is 85.8 cm³/mol. The van der Waals surface area contributed by atoms with Gasteiger partial charge in [0.15, 0.2) is 0 Å². The zero-order valence-corrected chi connectivity index (χ0v) is 14.5. The van der Waals surface area contributed by atoms with Crippen LogP contribution >= 0.6 is 15.9 Å². The second-order valence-corrected chi connectivity index (χ2v) is 8.21. The van der Waals surface area contributed by atoms with Gasteiger partial charge in [-0.15, -0.1) is 0 Å². The summed E-state index contributed by atoms with van der Waals surface area (Å²) in [5.74, 6) is 1.24. The summed E-state index contributed by atoms with van der Waals surface area (Å²) >= 11 is 3.47. The SMILES string of the molecule is CS(=O)(=O)N1CCC(c2nc(-c3ccccc3Br)no2)CC1. The summed E-state index contributed by atoms with van der Waals surface area (Å²) < 4.78 is 30.8. The van der Waals surface area contributed by atoms with Crippen molar-refractivity contribution in [3.05, 3.63) is 34.6 Å². The molecule has 1 aromatic carbocycles. The molecule has 1 aromatic heterocycles. The average Bonchev–Trinajstić information content (AvgIpc) is 2.96. The van der Waals surface area contributed by atoms with Gasteiger partial charge in [0.05, 0.1) is 6.26 Å². The number of rotatable bonds is 3. The molecule has 0 bridgehead atoms. The molecule has 0 aliphatic carbocycles. The van der Waals surface area contributed by atoms with Crippen LogP contribution in [0.1, 0.15) is 24.7 Å². The van der Waals surface area contributed by atoms with Crippen LogP contribution < -0.4 is 0 Å². The molecule has 118 valence electrons. The van der Waals surface area contributed by atoms with E-state index in [9.17, 15) is 8.42 Å². The molecule has 6 nitrogen and oxygen atoms in total. The highest BCUT2D eigenvalue weighted by Gasteiger charge is 2.29. The monoisotopic (exact) mass is 385 g/mol. The van der Waals surface area contributed by atoms with Crippen LogP contribution in [0.3, 0.4) is 0 Å². The van der Waals surface area contributed by atoms with Gasteiger partial charge in [-0.25, -0.2) is 12.7 Å². The van der Waals surface area contributed by atoms with Crippen LogP contribution in [-0.2, 0) is 10.0 Å². The van der Waals surface area contributed by atoms with Crippen LogP contribution in [0.15, 0.2) is 33.3 Å². The maximum Gasteiger partial charge on any atom is 0.230 e. The highest BCUT2D eigenvalue weighted by molar-refractivity contribution is 9.10. The molecule has 0 unspecified atom stereocenters. The molecule has 1 fully saturated rings. The van der Waals surface area contributed by atoms with E-state index >= 15 is 0 Å². The zero-order chi connectivity index (χ0) is 15.7. The highest BCUT2D eigenvalue weighted by Crippen LogP contribution is 2.31. The number of halogens is 1. The number of hydrogen-bond donors (Lipinski definition) is 0. The Morgan fingerprint density at radius 1 is 1.27 bits per heavy atom. The molecule has 0 N–H and O–H groups in total. The van der Waals surface area contributed by atoms with Gasteiger partial charge in [0.1, 0.15) is 0 Å². The van der Waals surface area contributed by atoms with Gasteiger partial charge in [-0.3, -0.25) is 0 Å². The number of nitrogens with zero attached hydrogens (tertiary/aromatic N) is 3. The Hall–Kier alpha value is -1.25. The summed E-state index contributed by atoms with van der Waals surface area (Å²) in [6.45, 7) is 0.993. The largest absolute Gasteiger partial charge is 0.339 e. The lowest BCUT2D eigenvalue weighted by molar-refractivity contribution is 0.271. The first kappa shape index (κ1) is 15.6. The van der Waals surface area contributed by atoms with Crippen molar-refractivity contribution in [1.82, 2.24) is 14.4 Å². The van der Waals surface area contributed by atoms with Gasteiger partial charge in [-0.2, -0.15) is 4.98 Å². The summed E-state index contributed by atoms with van der Waals surface area (Å²) in [6, 6.07) is 7.69. The van der Waals surface area contributed by atoms with Gasteiger partial charge < -0.3 is 4.52 Å². The fourth-order valence-corrected chi connectivity index (χ4v) is 3.92. The molecule has 0 radical (unpaired) electrons. The van der Waals surface area contributed by atoms with Crippen LogP contribution in [0, 0.1) is 0 Å². The van der Waals surface area contributed by atoms with E-state index in [-0.39, 0.29) is 5.92 Å². The molecule has 2 aromatic rings. The Labute approximate surface area is 137 Å². The second kappa shape index (κ2) is 6.10. The summed E-state index contributed by atoms with van der Waals surface area (Å²) in [5, 5.41) is 4.04. The molecule has 2 heterocycles. The van der Waals surface area contributed by atoms with Crippen molar-refractivity contribution in [2.24, 2.45) is 0 Å². The van der Waals surface area contributed by atoms with E-state index in [1.54, 1.807) is 0 Å². The van der Waals surface area contributed by atoms with Gasteiger partial charge in [-0.1, -0.05) is 33.2 Å². The van der Waals surface area contributed by atoms with E-state index in [4.69, 9.17) is 4.52 Å². The lowest BCUT2D eigenvalue weighted by atomic mass is 9.98. The minimum Gasteiger partial charge on any atom is -0.339 e. The zero-order valence-electron chi connectivity index (χ0n) is 12.1. The fourth-order valence-electron chi connectivity index (χ4n) is 2.59. The molecule has 0 amide bonds. The van der Waals surface area contributed by atoms with Crippen LogP contribution in [-0.4, -0.2) is 42.2 Å². The number of piperidine rings is 1. The van der Waals surface area contributed by atoms with E-state index in [1.807, 2.05) is 24.3 Å². The summed E-state index contributed by atoms with van der Waals surface area (Å²) in [4.78, 5) is 4.48. The van der Waals surface area contributed by atoms with Crippen LogP contribution in [0.4, 0.5) is 0 Å². The second-order valence-electron chi connectivity index (χ2n) is 5.37. The van der Waals surface area contributed by atoms with Crippen molar-refractivity contribution >= 4 is 26.0 Å². The van der Waals surface area contributed by atoms with Crippen molar-refractivity contribution in [2.75, 3.05) is 19.3 Å². The maximum absolute atomic E-state index is 11.5. The number of aromatic nitrogens is 2. The van der Waals surface area contributed by atoms with E-state index in [1.165, 1.54) is 10.6 Å². The Morgan fingerprint density at radius 2 is 1.95 bits per heavy atom. The Morgan fingerprint density at radius 3 is 2.59 bits per heavy atom. The fraction of sp³-hybridized carbons (Fsp3) is 0.429. The average molecular weight is 386 g/mol. The molecule has 0 saturated carbocycles. The third kappa shape index (κ3) is 3.23. The van der Waals surface area contributed by atoms with Crippen molar-refractivity contribution in [1.29, 1.82) is 0 Å². The highest BCUT2D eigenvalue weighted by atomic mass is 79.9. The normalized spacial score (nSPS) is 17.7. The summed E-state index contributed by atoms with van der Waals surface area (Å²) in [7, 11) is -3.11. The minimum absolute atomic E-state index is 0.113. The summed E-state index contributed by atoms with van der Waals surface area (Å²) in [5.41, 5.74) is 0.881. The molecule has 1 aliphatic heterocycles. The number of sulfonamides is 1. The Balaban J connectivity index is 1.75. The van der Waals surface area contributed by atoms with Crippen molar-refractivity contribution in [2.45, 2.75) is 18.8 Å². The first-order chi connectivity index (χ1) is 10.4. The van der Waals surface area contributed by atoms with Gasteiger partial charge in [-0.05, 0) is 25.0 Å². The predicted octanol–water partition coefficient (Wildman–Crippen LogP) is 2.64. The molecule has 8 heteroatoms. The molecule has 22 heavy (non-hydrogen) atoms. The lowest BCUT2D eigenvalue weighted by Crippen LogP contribution is -2.37. The topological polar surface area (TPSA) is 76.3 Å². The van der Waals surface area contributed by atoms with Gasteiger partial charge in [0, 0.05) is 29.0 Å². The van der Waals surface area contributed by atoms with Gasteiger partial charge in [0.25, 0.3) is 0 Å². The maximum atomic E-state index is 11.5. The van der Waals surface area contributed by atoms with Gasteiger partial charge >= 0.3 is 0 Å². The molecular formula is C14H16BrN3O3S. The van der Waals surface area contributed by atoms with Gasteiger partial charge in [0.2, 0.25) is 21.7 Å². The van der Waals surface area contributed by atoms with Crippen LogP contribution in [0.2, 0.25) is 0 Å². The number of hydrogen-bond acceptors (Lipinski definition) is 5. The molecular weight excluding hydrogens is 370 g/mol. The number of benzene rings is 1. The van der Waals surface area contributed by atoms with Crippen molar-refractivity contribution in [3.63, 3.8) is 0 Å². The van der Waals surface area contributed by atoms with Crippen molar-refractivity contribution < 1.29 is 12.9 Å². The molecule has 0 spiro atoms. The molecule has 1 aliphatic rings. The standard InChI is InChI=1S/C14H16BrN3O3S/c1-22(19,20)18-8-6-10(7-9-18)14-16-13(17-21-14)11-4-2-3-5-12(11)15/h2-5,10H,6-9H2,1H3. The first-order valence-electron chi connectivity index (χ1n) is 6.99. The molecule has 0 atom stereocenters. The van der Waals surface area contributed by atoms with Crippen molar-refractivity contribution in [3.8, 4) is 11.4 Å². The van der Waals surface area contributed by atoms with Crippen LogP contribution in [0.5, 0.6) is 0 Å². The van der Waals surface area contributed by atoms with Crippen LogP contribution in [0.25, 0.3) is 11.4 Å². The summed E-state index contributed by atoms with van der Waals surface area (Å²) in [6.07, 6.45) is 2.64. The Bertz CT molecular complexity index is 767. The van der Waals surface area contributed by atoms with E-state index in [0.29, 0.717) is 37.6 Å². The smallest absolute Gasteiger partial charge is 0.230 e. The Kier molecular flexibility index (Phi) is 4.33. The van der Waals surface area contributed by atoms with E-state index < -0.39 is 10.0 Å². The molecule has 1 saturated heterocycles. The van der Waals surface area contributed by atoms with E-state index in [2.05, 4.69) is 26.1 Å². The quantitative estimate of drug-likeness (QED) is 0.811. The third-order valence-corrected chi connectivity index (χ3v) is 5.82. The minimum atomic E-state index is -3.11. The third-order valence-electron chi connectivity index (χ3n) is 3.83.